The van der Waals surface area contributed by atoms with Crippen molar-refractivity contribution in [2.24, 2.45) is 11.3 Å². The molecule has 2 fully saturated rings. The van der Waals surface area contributed by atoms with Crippen LogP contribution in [0.5, 0.6) is 0 Å². The molecule has 5 nitrogen and oxygen atoms in total. The zero-order chi connectivity index (χ0) is 12.6. The molecule has 0 aromatic heterocycles. The number of likely N-dealkylation sites (tertiary alicyclic amines) is 1. The summed E-state index contributed by atoms with van der Waals surface area (Å²) in [5.74, 6) is -2.02. The third kappa shape index (κ3) is 1.94. The first kappa shape index (κ1) is 12.1. The van der Waals surface area contributed by atoms with E-state index in [9.17, 15) is 14.4 Å². The standard InChI is InChI=1S/C12H17NO4/c1-8(10(15)16)7-13-9(14)6-12(11(13)17)4-2-3-5-12/h8H,2-7H2,1H3,(H,15,16). The highest BCUT2D eigenvalue weighted by molar-refractivity contribution is 6.06. The lowest BCUT2D eigenvalue weighted by Gasteiger charge is -2.21. The summed E-state index contributed by atoms with van der Waals surface area (Å²) in [5.41, 5.74) is -0.491. The average molecular weight is 239 g/mol. The number of carboxylic acids is 1. The van der Waals surface area contributed by atoms with Gasteiger partial charge in [0, 0.05) is 13.0 Å². The molecule has 0 aromatic carbocycles. The molecule has 17 heavy (non-hydrogen) atoms. The Bertz CT molecular complexity index is 371. The quantitative estimate of drug-likeness (QED) is 0.746. The smallest absolute Gasteiger partial charge is 0.308 e. The molecule has 1 aliphatic heterocycles. The minimum absolute atomic E-state index is 0.00868. The highest BCUT2D eigenvalue weighted by Crippen LogP contribution is 2.46. The van der Waals surface area contributed by atoms with E-state index in [2.05, 4.69) is 0 Å². The monoisotopic (exact) mass is 239 g/mol. The van der Waals surface area contributed by atoms with Crippen molar-refractivity contribution in [2.75, 3.05) is 6.54 Å². The SMILES string of the molecule is CC(CN1C(=O)CC2(CCCC2)C1=O)C(=O)O. The molecule has 94 valence electrons. The number of amides is 2. The summed E-state index contributed by atoms with van der Waals surface area (Å²) < 4.78 is 0. The minimum Gasteiger partial charge on any atom is -0.481 e. The van der Waals surface area contributed by atoms with Crippen molar-refractivity contribution in [1.29, 1.82) is 0 Å². The lowest BCUT2D eigenvalue weighted by atomic mass is 9.84. The van der Waals surface area contributed by atoms with Gasteiger partial charge in [-0.1, -0.05) is 19.8 Å². The normalized spacial score (nSPS) is 24.6. The summed E-state index contributed by atoms with van der Waals surface area (Å²) in [6.45, 7) is 1.53. The number of nitrogens with zero attached hydrogens (tertiary/aromatic N) is 1. The highest BCUT2D eigenvalue weighted by Gasteiger charge is 2.52. The Kier molecular flexibility index (Phi) is 2.93. The first-order chi connectivity index (χ1) is 7.96. The Balaban J connectivity index is 2.11. The Morgan fingerprint density at radius 2 is 2.00 bits per heavy atom. The van der Waals surface area contributed by atoms with Crippen LogP contribution in [0.1, 0.15) is 39.0 Å². The number of carbonyl (C=O) groups excluding carboxylic acids is 2. The van der Waals surface area contributed by atoms with Crippen molar-refractivity contribution in [1.82, 2.24) is 4.90 Å². The Labute approximate surface area is 99.8 Å². The predicted octanol–water partition coefficient (Wildman–Crippen LogP) is 1.03. The van der Waals surface area contributed by atoms with E-state index in [1.807, 2.05) is 0 Å². The van der Waals surface area contributed by atoms with Crippen LogP contribution in [0.25, 0.3) is 0 Å². The molecule has 2 rings (SSSR count). The van der Waals surface area contributed by atoms with E-state index in [-0.39, 0.29) is 24.8 Å². The van der Waals surface area contributed by atoms with Crippen molar-refractivity contribution < 1.29 is 19.5 Å². The van der Waals surface area contributed by atoms with Gasteiger partial charge in [-0.3, -0.25) is 19.3 Å². The Morgan fingerprint density at radius 3 is 2.53 bits per heavy atom. The van der Waals surface area contributed by atoms with Crippen molar-refractivity contribution in [2.45, 2.75) is 39.0 Å². The van der Waals surface area contributed by atoms with Gasteiger partial charge in [-0.2, -0.15) is 0 Å². The molecule has 0 aromatic rings. The number of carboxylic acid groups (broad SMARTS) is 1. The maximum absolute atomic E-state index is 12.2. The minimum atomic E-state index is -0.974. The second-order valence-corrected chi connectivity index (χ2v) is 5.21. The first-order valence-corrected chi connectivity index (χ1v) is 6.04. The van der Waals surface area contributed by atoms with Crippen LogP contribution in [0.15, 0.2) is 0 Å². The maximum atomic E-state index is 12.2. The zero-order valence-electron chi connectivity index (χ0n) is 9.94. The number of hydrogen-bond acceptors (Lipinski definition) is 3. The highest BCUT2D eigenvalue weighted by atomic mass is 16.4. The lowest BCUT2D eigenvalue weighted by molar-refractivity contribution is -0.146. The van der Waals surface area contributed by atoms with Crippen LogP contribution < -0.4 is 0 Å². The van der Waals surface area contributed by atoms with Crippen LogP contribution in [0.2, 0.25) is 0 Å². The molecule has 1 unspecified atom stereocenters. The van der Waals surface area contributed by atoms with Crippen LogP contribution in [0.3, 0.4) is 0 Å². The molecule has 1 N–H and O–H groups in total. The van der Waals surface area contributed by atoms with E-state index in [1.54, 1.807) is 0 Å². The third-order valence-corrected chi connectivity index (χ3v) is 3.93. The van der Waals surface area contributed by atoms with Crippen LogP contribution in [-0.4, -0.2) is 34.3 Å². The molecule has 1 heterocycles. The van der Waals surface area contributed by atoms with Gasteiger partial charge in [0.15, 0.2) is 0 Å². The van der Waals surface area contributed by atoms with Crippen LogP contribution in [0, 0.1) is 11.3 Å². The summed E-state index contributed by atoms with van der Waals surface area (Å²) in [6.07, 6.45) is 3.80. The molecule has 5 heteroatoms. The molecule has 0 radical (unpaired) electrons. The molecular weight excluding hydrogens is 222 g/mol. The van der Waals surface area contributed by atoms with Gasteiger partial charge < -0.3 is 5.11 Å². The molecule has 1 spiro atoms. The average Bonchev–Trinajstić information content (AvgIpc) is 2.81. The third-order valence-electron chi connectivity index (χ3n) is 3.93. The Hall–Kier alpha value is -1.39. The van der Waals surface area contributed by atoms with Crippen LogP contribution in [-0.2, 0) is 14.4 Å². The van der Waals surface area contributed by atoms with Gasteiger partial charge in [0.05, 0.1) is 11.3 Å². The zero-order valence-corrected chi connectivity index (χ0v) is 9.94. The van der Waals surface area contributed by atoms with E-state index in [1.165, 1.54) is 6.92 Å². The summed E-state index contributed by atoms with van der Waals surface area (Å²) in [7, 11) is 0. The predicted molar refractivity (Wildman–Crippen MR) is 59.0 cm³/mol. The fourth-order valence-electron chi connectivity index (χ4n) is 2.84. The number of carbonyl (C=O) groups is 3. The molecule has 1 saturated carbocycles. The number of rotatable bonds is 3. The van der Waals surface area contributed by atoms with Gasteiger partial charge in [0.1, 0.15) is 0 Å². The van der Waals surface area contributed by atoms with E-state index < -0.39 is 17.3 Å². The maximum Gasteiger partial charge on any atom is 0.308 e. The van der Waals surface area contributed by atoms with Crippen molar-refractivity contribution in [3.8, 4) is 0 Å². The molecular formula is C12H17NO4. The molecule has 2 aliphatic rings. The fourth-order valence-corrected chi connectivity index (χ4v) is 2.84. The summed E-state index contributed by atoms with van der Waals surface area (Å²) in [6, 6.07) is 0. The molecule has 2 amide bonds. The van der Waals surface area contributed by atoms with Crippen molar-refractivity contribution in [3.05, 3.63) is 0 Å². The van der Waals surface area contributed by atoms with Gasteiger partial charge >= 0.3 is 5.97 Å². The Morgan fingerprint density at radius 1 is 1.41 bits per heavy atom. The summed E-state index contributed by atoms with van der Waals surface area (Å²) in [5, 5.41) is 8.82. The molecule has 0 bridgehead atoms. The van der Waals surface area contributed by atoms with Gasteiger partial charge in [0.2, 0.25) is 11.8 Å². The van der Waals surface area contributed by atoms with Crippen LogP contribution >= 0.6 is 0 Å². The van der Waals surface area contributed by atoms with Gasteiger partial charge in [-0.15, -0.1) is 0 Å². The van der Waals surface area contributed by atoms with Gasteiger partial charge in [-0.05, 0) is 12.8 Å². The number of hydrogen-bond donors (Lipinski definition) is 1. The first-order valence-electron chi connectivity index (χ1n) is 6.04. The van der Waals surface area contributed by atoms with E-state index in [0.29, 0.717) is 0 Å². The van der Waals surface area contributed by atoms with Crippen molar-refractivity contribution >= 4 is 17.8 Å². The second-order valence-electron chi connectivity index (χ2n) is 5.21. The molecule has 1 saturated heterocycles. The van der Waals surface area contributed by atoms with E-state index in [4.69, 9.17) is 5.11 Å². The topological polar surface area (TPSA) is 74.7 Å². The number of imide groups is 1. The molecule has 1 atom stereocenters. The largest absolute Gasteiger partial charge is 0.481 e. The fraction of sp³-hybridized carbons (Fsp3) is 0.750. The summed E-state index contributed by atoms with van der Waals surface area (Å²) >= 11 is 0. The van der Waals surface area contributed by atoms with E-state index >= 15 is 0 Å². The van der Waals surface area contributed by atoms with E-state index in [0.717, 1.165) is 30.6 Å². The van der Waals surface area contributed by atoms with Gasteiger partial charge in [0.25, 0.3) is 0 Å². The molecule has 1 aliphatic carbocycles. The lowest BCUT2D eigenvalue weighted by Crippen LogP contribution is -2.38. The second kappa shape index (κ2) is 4.13. The van der Waals surface area contributed by atoms with Gasteiger partial charge in [-0.25, -0.2) is 0 Å². The van der Waals surface area contributed by atoms with Crippen molar-refractivity contribution in [3.63, 3.8) is 0 Å². The summed E-state index contributed by atoms with van der Waals surface area (Å²) in [4.78, 5) is 35.9. The van der Waals surface area contributed by atoms with Crippen LogP contribution in [0.4, 0.5) is 0 Å². The number of aliphatic carboxylic acids is 1.